The Morgan fingerprint density at radius 2 is 1.65 bits per heavy atom. The van der Waals surface area contributed by atoms with Crippen molar-refractivity contribution in [3.63, 3.8) is 0 Å². The van der Waals surface area contributed by atoms with Crippen LogP contribution in [0.4, 0.5) is 0 Å². The Morgan fingerprint density at radius 1 is 1.04 bits per heavy atom. The second-order valence-electron chi connectivity index (χ2n) is 6.54. The van der Waals surface area contributed by atoms with Crippen molar-refractivity contribution in [2.75, 3.05) is 6.61 Å². The fourth-order valence-corrected chi connectivity index (χ4v) is 3.17. The highest BCUT2D eigenvalue weighted by Gasteiger charge is 2.36. The zero-order valence-corrected chi connectivity index (χ0v) is 13.8. The lowest BCUT2D eigenvalue weighted by atomic mass is 9.79. The van der Waals surface area contributed by atoms with Gasteiger partial charge in [-0.2, -0.15) is 0 Å². The predicted octanol–water partition coefficient (Wildman–Crippen LogP) is 3.09. The number of rotatable bonds is 10. The van der Waals surface area contributed by atoms with Crippen LogP contribution < -0.4 is 0 Å². The van der Waals surface area contributed by atoms with Crippen LogP contribution in [-0.4, -0.2) is 34.7 Å². The highest BCUT2D eigenvalue weighted by Crippen LogP contribution is 2.31. The summed E-state index contributed by atoms with van der Waals surface area (Å²) in [5.41, 5.74) is 0. The third kappa shape index (κ3) is 7.48. The van der Waals surface area contributed by atoms with E-state index < -0.39 is 23.8 Å². The molecule has 0 heterocycles. The molecule has 1 aliphatic carbocycles. The summed E-state index contributed by atoms with van der Waals surface area (Å²) in [6.07, 6.45) is 6.19. The SMILES string of the molecule is CC(CCCOC(=O)[C@@H]1CCCC[C@@H]1C(=O)O)CCCC(=O)O. The Bertz CT molecular complexity index is 406. The summed E-state index contributed by atoms with van der Waals surface area (Å²) in [6, 6.07) is 0. The first-order valence-corrected chi connectivity index (χ1v) is 8.53. The van der Waals surface area contributed by atoms with E-state index in [1.54, 1.807) is 0 Å². The number of aliphatic carboxylic acids is 2. The molecule has 132 valence electrons. The van der Waals surface area contributed by atoms with Gasteiger partial charge in [-0.05, 0) is 38.0 Å². The number of hydrogen-bond donors (Lipinski definition) is 2. The molecule has 1 rings (SSSR count). The fourth-order valence-electron chi connectivity index (χ4n) is 3.17. The van der Waals surface area contributed by atoms with Crippen molar-refractivity contribution in [1.82, 2.24) is 0 Å². The minimum Gasteiger partial charge on any atom is -0.481 e. The molecule has 6 nitrogen and oxygen atoms in total. The molecule has 0 aromatic heterocycles. The van der Waals surface area contributed by atoms with Crippen molar-refractivity contribution < 1.29 is 29.3 Å². The van der Waals surface area contributed by atoms with E-state index in [2.05, 4.69) is 6.92 Å². The van der Waals surface area contributed by atoms with E-state index in [-0.39, 0.29) is 12.4 Å². The normalized spacial score (nSPS) is 22.3. The molecular formula is C17H28O6. The summed E-state index contributed by atoms with van der Waals surface area (Å²) >= 11 is 0. The van der Waals surface area contributed by atoms with Crippen LogP contribution in [0.1, 0.15) is 64.7 Å². The van der Waals surface area contributed by atoms with Crippen molar-refractivity contribution in [3.8, 4) is 0 Å². The Balaban J connectivity index is 2.20. The summed E-state index contributed by atoms with van der Waals surface area (Å²) < 4.78 is 5.26. The van der Waals surface area contributed by atoms with Crippen molar-refractivity contribution >= 4 is 17.9 Å². The Hall–Kier alpha value is -1.59. The second-order valence-corrected chi connectivity index (χ2v) is 6.54. The van der Waals surface area contributed by atoms with E-state index in [0.717, 1.165) is 32.1 Å². The van der Waals surface area contributed by atoms with E-state index in [9.17, 15) is 19.5 Å². The first-order chi connectivity index (χ1) is 10.9. The number of esters is 1. The fraction of sp³-hybridized carbons (Fsp3) is 0.824. The summed E-state index contributed by atoms with van der Waals surface area (Å²) in [4.78, 5) is 33.7. The minimum atomic E-state index is -0.904. The minimum absolute atomic E-state index is 0.192. The van der Waals surface area contributed by atoms with E-state index >= 15 is 0 Å². The molecule has 0 radical (unpaired) electrons. The van der Waals surface area contributed by atoms with Gasteiger partial charge in [-0.1, -0.05) is 26.2 Å². The molecule has 0 aromatic rings. The van der Waals surface area contributed by atoms with Crippen LogP contribution in [0, 0.1) is 17.8 Å². The van der Waals surface area contributed by atoms with Gasteiger partial charge >= 0.3 is 17.9 Å². The average Bonchev–Trinajstić information content (AvgIpc) is 2.51. The second kappa shape index (κ2) is 10.2. The van der Waals surface area contributed by atoms with Gasteiger partial charge in [0.1, 0.15) is 0 Å². The van der Waals surface area contributed by atoms with Gasteiger partial charge in [0, 0.05) is 6.42 Å². The van der Waals surface area contributed by atoms with Crippen LogP contribution in [0.25, 0.3) is 0 Å². The first-order valence-electron chi connectivity index (χ1n) is 8.53. The molecule has 1 aliphatic rings. The Kier molecular flexibility index (Phi) is 8.66. The lowest BCUT2D eigenvalue weighted by Gasteiger charge is -2.26. The maximum atomic E-state index is 12.1. The number of ether oxygens (including phenoxy) is 1. The lowest BCUT2D eigenvalue weighted by molar-refractivity contribution is -0.159. The molecule has 0 spiro atoms. The number of carboxylic acids is 2. The van der Waals surface area contributed by atoms with E-state index in [1.165, 1.54) is 0 Å². The zero-order valence-electron chi connectivity index (χ0n) is 13.8. The molecule has 6 heteroatoms. The van der Waals surface area contributed by atoms with E-state index in [0.29, 0.717) is 31.8 Å². The summed E-state index contributed by atoms with van der Waals surface area (Å²) in [7, 11) is 0. The van der Waals surface area contributed by atoms with Gasteiger partial charge in [-0.3, -0.25) is 14.4 Å². The monoisotopic (exact) mass is 328 g/mol. The largest absolute Gasteiger partial charge is 0.481 e. The van der Waals surface area contributed by atoms with Crippen molar-refractivity contribution in [2.45, 2.75) is 64.7 Å². The number of carbonyl (C=O) groups excluding carboxylic acids is 1. The Morgan fingerprint density at radius 3 is 2.26 bits per heavy atom. The average molecular weight is 328 g/mol. The summed E-state index contributed by atoms with van der Waals surface area (Å²) in [6.45, 7) is 2.37. The van der Waals surface area contributed by atoms with Crippen LogP contribution in [0.15, 0.2) is 0 Å². The molecule has 0 aromatic carbocycles. The number of hydrogen-bond acceptors (Lipinski definition) is 4. The smallest absolute Gasteiger partial charge is 0.309 e. The molecule has 1 unspecified atom stereocenters. The summed E-state index contributed by atoms with van der Waals surface area (Å²) in [5, 5.41) is 17.8. The molecule has 0 amide bonds. The van der Waals surface area contributed by atoms with Gasteiger partial charge in [-0.15, -0.1) is 0 Å². The molecule has 1 saturated carbocycles. The third-order valence-corrected chi connectivity index (χ3v) is 4.56. The molecule has 0 bridgehead atoms. The summed E-state index contributed by atoms with van der Waals surface area (Å²) in [5.74, 6) is -2.77. The molecule has 0 saturated heterocycles. The van der Waals surface area contributed by atoms with Crippen molar-refractivity contribution in [2.24, 2.45) is 17.8 Å². The number of carbonyl (C=O) groups is 3. The van der Waals surface area contributed by atoms with E-state index in [4.69, 9.17) is 9.84 Å². The molecular weight excluding hydrogens is 300 g/mol. The first kappa shape index (κ1) is 19.5. The van der Waals surface area contributed by atoms with Crippen molar-refractivity contribution in [1.29, 1.82) is 0 Å². The molecule has 2 N–H and O–H groups in total. The molecule has 0 aliphatic heterocycles. The van der Waals surface area contributed by atoms with Gasteiger partial charge in [0.05, 0.1) is 18.4 Å². The van der Waals surface area contributed by atoms with Crippen molar-refractivity contribution in [3.05, 3.63) is 0 Å². The topological polar surface area (TPSA) is 101 Å². The van der Waals surface area contributed by atoms with Crippen LogP contribution in [-0.2, 0) is 19.1 Å². The van der Waals surface area contributed by atoms with Crippen LogP contribution in [0.3, 0.4) is 0 Å². The van der Waals surface area contributed by atoms with Crippen LogP contribution in [0.5, 0.6) is 0 Å². The van der Waals surface area contributed by atoms with Gasteiger partial charge in [0.2, 0.25) is 0 Å². The maximum absolute atomic E-state index is 12.1. The third-order valence-electron chi connectivity index (χ3n) is 4.56. The highest BCUT2D eigenvalue weighted by atomic mass is 16.5. The van der Waals surface area contributed by atoms with Gasteiger partial charge < -0.3 is 14.9 Å². The zero-order chi connectivity index (χ0) is 17.2. The molecule has 23 heavy (non-hydrogen) atoms. The van der Waals surface area contributed by atoms with Gasteiger partial charge in [-0.25, -0.2) is 0 Å². The molecule has 3 atom stereocenters. The maximum Gasteiger partial charge on any atom is 0.309 e. The predicted molar refractivity (Wildman–Crippen MR) is 83.9 cm³/mol. The lowest BCUT2D eigenvalue weighted by Crippen LogP contribution is -2.34. The quantitative estimate of drug-likeness (QED) is 0.472. The van der Waals surface area contributed by atoms with Gasteiger partial charge in [0.25, 0.3) is 0 Å². The standard InChI is InChI=1S/C17H28O6/c1-12(6-4-10-15(18)19)7-5-11-23-17(22)14-9-3-2-8-13(14)16(20)21/h12-14H,2-11H2,1H3,(H,18,19)(H,20,21)/t12?,13-,14+/m0/s1. The highest BCUT2D eigenvalue weighted by molar-refractivity contribution is 5.81. The number of carboxylic acid groups (broad SMARTS) is 2. The molecule has 1 fully saturated rings. The van der Waals surface area contributed by atoms with E-state index in [1.807, 2.05) is 0 Å². The van der Waals surface area contributed by atoms with Crippen LogP contribution >= 0.6 is 0 Å². The Labute approximate surface area is 137 Å². The van der Waals surface area contributed by atoms with Crippen LogP contribution in [0.2, 0.25) is 0 Å². The van der Waals surface area contributed by atoms with Gasteiger partial charge in [0.15, 0.2) is 0 Å².